The van der Waals surface area contributed by atoms with Crippen molar-refractivity contribution in [2.45, 2.75) is 41.4 Å². The van der Waals surface area contributed by atoms with Gasteiger partial charge in [0.05, 0.1) is 10.5 Å². The standard InChI is InChI=1S/C25H28F3N5O2S2/c1-32-22(18-5-9-20(10-6-18)37(29,34)35)30-31-23(32)36-14-2-12-33-13-11-24(16-33)15-21(24)17-3-7-19(8-4-17)25(26,27)28/h3-10,21H,2,11-16H2,1H3,(H2,29,34,35)/t21-,24+/m1/s1. The summed E-state index contributed by atoms with van der Waals surface area (Å²) in [4.78, 5) is 2.51. The molecule has 12 heteroatoms. The van der Waals surface area contributed by atoms with Gasteiger partial charge in [-0.25, -0.2) is 13.6 Å². The molecule has 2 fully saturated rings. The maximum Gasteiger partial charge on any atom is 0.416 e. The summed E-state index contributed by atoms with van der Waals surface area (Å²) >= 11 is 1.62. The molecular weight excluding hydrogens is 523 g/mol. The molecule has 2 N–H and O–H groups in total. The second kappa shape index (κ2) is 9.72. The van der Waals surface area contributed by atoms with Crippen LogP contribution in [0.15, 0.2) is 58.6 Å². The SMILES string of the molecule is Cn1c(SCCCN2CC[C@]3(C[C@@H]3c3ccc(C(F)(F)F)cc3)C2)nnc1-c1ccc(S(N)(=O)=O)cc1. The monoisotopic (exact) mass is 551 g/mol. The van der Waals surface area contributed by atoms with Crippen molar-refractivity contribution in [2.75, 3.05) is 25.4 Å². The van der Waals surface area contributed by atoms with Gasteiger partial charge >= 0.3 is 6.18 Å². The molecule has 1 spiro atoms. The number of rotatable bonds is 8. The smallest absolute Gasteiger partial charge is 0.305 e. The van der Waals surface area contributed by atoms with Gasteiger partial charge in [-0.2, -0.15) is 13.2 Å². The van der Waals surface area contributed by atoms with Crippen LogP contribution in [0.1, 0.15) is 36.3 Å². The lowest BCUT2D eigenvalue weighted by Crippen LogP contribution is -2.23. The molecule has 198 valence electrons. The first-order valence-electron chi connectivity index (χ1n) is 12.0. The van der Waals surface area contributed by atoms with Crippen molar-refractivity contribution in [3.05, 3.63) is 59.7 Å². The molecule has 1 aliphatic carbocycles. The van der Waals surface area contributed by atoms with Gasteiger partial charge in [-0.15, -0.1) is 10.2 Å². The number of aromatic nitrogens is 3. The van der Waals surface area contributed by atoms with Gasteiger partial charge in [-0.1, -0.05) is 23.9 Å². The van der Waals surface area contributed by atoms with Crippen molar-refractivity contribution in [3.8, 4) is 11.4 Å². The van der Waals surface area contributed by atoms with Gasteiger partial charge in [0, 0.05) is 24.9 Å². The lowest BCUT2D eigenvalue weighted by molar-refractivity contribution is -0.137. The summed E-state index contributed by atoms with van der Waals surface area (Å²) in [5.74, 6) is 1.88. The molecule has 3 aromatic rings. The molecule has 2 atom stereocenters. The number of likely N-dealkylation sites (tertiary alicyclic amines) is 1. The van der Waals surface area contributed by atoms with Crippen molar-refractivity contribution in [1.29, 1.82) is 0 Å². The Kier molecular flexibility index (Phi) is 6.88. The summed E-state index contributed by atoms with van der Waals surface area (Å²) in [5, 5.41) is 14.5. The van der Waals surface area contributed by atoms with Crippen LogP contribution in [0.25, 0.3) is 11.4 Å². The van der Waals surface area contributed by atoms with Crippen LogP contribution in [0.5, 0.6) is 0 Å². The molecule has 0 amide bonds. The average molecular weight is 552 g/mol. The summed E-state index contributed by atoms with van der Waals surface area (Å²) < 4.78 is 63.4. The number of nitrogens with zero attached hydrogens (tertiary/aromatic N) is 4. The molecule has 0 radical (unpaired) electrons. The molecule has 1 aromatic heterocycles. The van der Waals surface area contributed by atoms with Gasteiger partial charge < -0.3 is 9.47 Å². The molecule has 0 unspecified atom stereocenters. The van der Waals surface area contributed by atoms with Gasteiger partial charge in [-0.05, 0) is 85.6 Å². The van der Waals surface area contributed by atoms with Crippen LogP contribution in [-0.4, -0.2) is 53.5 Å². The van der Waals surface area contributed by atoms with Crippen LogP contribution in [0.4, 0.5) is 13.2 Å². The quantitative estimate of drug-likeness (QED) is 0.327. The zero-order valence-corrected chi connectivity index (χ0v) is 21.9. The third-order valence-electron chi connectivity index (χ3n) is 7.42. The Balaban J connectivity index is 1.09. The summed E-state index contributed by atoms with van der Waals surface area (Å²) in [6, 6.07) is 11.9. The second-order valence-electron chi connectivity index (χ2n) is 9.90. The Morgan fingerprint density at radius 3 is 2.46 bits per heavy atom. The Morgan fingerprint density at radius 1 is 1.11 bits per heavy atom. The van der Waals surface area contributed by atoms with Crippen molar-refractivity contribution in [2.24, 2.45) is 17.6 Å². The minimum absolute atomic E-state index is 0.0496. The first-order chi connectivity index (χ1) is 17.5. The van der Waals surface area contributed by atoms with Gasteiger partial charge in [0.2, 0.25) is 10.0 Å². The zero-order chi connectivity index (χ0) is 26.4. The summed E-state index contributed by atoms with van der Waals surface area (Å²) in [6.07, 6.45) is -1.18. The topological polar surface area (TPSA) is 94.1 Å². The Hall–Kier alpha value is -2.41. The van der Waals surface area contributed by atoms with E-state index in [1.165, 1.54) is 24.3 Å². The molecule has 1 saturated heterocycles. The van der Waals surface area contributed by atoms with Crippen LogP contribution in [0.2, 0.25) is 0 Å². The van der Waals surface area contributed by atoms with Crippen molar-refractivity contribution in [3.63, 3.8) is 0 Å². The highest BCUT2D eigenvalue weighted by atomic mass is 32.2. The van der Waals surface area contributed by atoms with Crippen LogP contribution >= 0.6 is 11.8 Å². The van der Waals surface area contributed by atoms with Crippen LogP contribution < -0.4 is 5.14 Å². The van der Waals surface area contributed by atoms with E-state index in [4.69, 9.17) is 5.14 Å². The number of hydrogen-bond donors (Lipinski definition) is 1. The first-order valence-corrected chi connectivity index (χ1v) is 14.5. The zero-order valence-electron chi connectivity index (χ0n) is 20.3. The predicted octanol–water partition coefficient (Wildman–Crippen LogP) is 4.51. The van der Waals surface area contributed by atoms with E-state index in [0.717, 1.165) is 60.9 Å². The van der Waals surface area contributed by atoms with E-state index < -0.39 is 21.8 Å². The molecule has 2 aromatic carbocycles. The number of halogens is 3. The Bertz CT molecular complexity index is 1370. The van der Waals surface area contributed by atoms with E-state index in [0.29, 0.717) is 11.7 Å². The van der Waals surface area contributed by atoms with Crippen LogP contribution in [-0.2, 0) is 23.2 Å². The average Bonchev–Trinajstić information content (AvgIpc) is 3.19. The minimum atomic E-state index is -4.30. The first kappa shape index (κ1) is 26.2. The molecule has 2 aliphatic rings. The fourth-order valence-corrected chi connectivity index (χ4v) is 6.64. The van der Waals surface area contributed by atoms with Gasteiger partial charge in [-0.3, -0.25) is 0 Å². The number of benzene rings is 2. The molecular formula is C25H28F3N5O2S2. The molecule has 1 saturated carbocycles. The lowest BCUT2D eigenvalue weighted by Gasteiger charge is -2.16. The number of nitrogens with two attached hydrogens (primary N) is 1. The summed E-state index contributed by atoms with van der Waals surface area (Å²) in [6.45, 7) is 2.98. The number of sulfonamides is 1. The van der Waals surface area contributed by atoms with E-state index in [1.807, 2.05) is 11.6 Å². The normalized spacial score (nSPS) is 22.1. The van der Waals surface area contributed by atoms with E-state index in [-0.39, 0.29) is 10.3 Å². The van der Waals surface area contributed by atoms with E-state index in [1.54, 1.807) is 36.0 Å². The van der Waals surface area contributed by atoms with Gasteiger partial charge in [0.15, 0.2) is 11.0 Å². The highest BCUT2D eigenvalue weighted by molar-refractivity contribution is 7.99. The third kappa shape index (κ3) is 5.57. The van der Waals surface area contributed by atoms with Gasteiger partial charge in [0.1, 0.15) is 0 Å². The highest BCUT2D eigenvalue weighted by Gasteiger charge is 2.57. The fraction of sp³-hybridized carbons (Fsp3) is 0.440. The van der Waals surface area contributed by atoms with Crippen molar-refractivity contribution >= 4 is 21.8 Å². The number of hydrogen-bond acceptors (Lipinski definition) is 6. The van der Waals surface area contributed by atoms with Crippen molar-refractivity contribution in [1.82, 2.24) is 19.7 Å². The van der Waals surface area contributed by atoms with Crippen molar-refractivity contribution < 1.29 is 21.6 Å². The maximum absolute atomic E-state index is 12.8. The van der Waals surface area contributed by atoms with Crippen LogP contribution in [0, 0.1) is 5.41 Å². The van der Waals surface area contributed by atoms with Crippen LogP contribution in [0.3, 0.4) is 0 Å². The Morgan fingerprint density at radius 2 is 1.81 bits per heavy atom. The molecule has 37 heavy (non-hydrogen) atoms. The van der Waals surface area contributed by atoms with E-state index in [2.05, 4.69) is 15.1 Å². The largest absolute Gasteiger partial charge is 0.416 e. The third-order valence-corrected chi connectivity index (χ3v) is 9.46. The highest BCUT2D eigenvalue weighted by Crippen LogP contribution is 2.64. The predicted molar refractivity (Wildman–Crippen MR) is 135 cm³/mol. The molecule has 1 aliphatic heterocycles. The number of thioether (sulfide) groups is 1. The summed E-state index contributed by atoms with van der Waals surface area (Å²) in [5.41, 5.74) is 1.39. The number of alkyl halides is 3. The minimum Gasteiger partial charge on any atom is -0.305 e. The maximum atomic E-state index is 12.8. The molecule has 5 rings (SSSR count). The summed E-state index contributed by atoms with van der Waals surface area (Å²) in [7, 11) is -1.87. The second-order valence-corrected chi connectivity index (χ2v) is 12.5. The molecule has 7 nitrogen and oxygen atoms in total. The fourth-order valence-electron chi connectivity index (χ4n) is 5.29. The van der Waals surface area contributed by atoms with E-state index in [9.17, 15) is 21.6 Å². The lowest BCUT2D eigenvalue weighted by atomic mass is 9.97. The molecule has 2 heterocycles. The Labute approximate surface area is 218 Å². The van der Waals surface area contributed by atoms with E-state index >= 15 is 0 Å². The number of primary sulfonamides is 1. The van der Waals surface area contributed by atoms with Gasteiger partial charge in [0.25, 0.3) is 0 Å². The molecule has 0 bridgehead atoms.